The zero-order chi connectivity index (χ0) is 33.1. The number of ether oxygens (including phenoxy) is 1. The van der Waals surface area contributed by atoms with Crippen molar-refractivity contribution in [2.24, 2.45) is 0 Å². The molecule has 1 heterocycles. The Balaban J connectivity index is 1.34. The number of amides is 1. The molecule has 0 aromatic heterocycles. The minimum absolute atomic E-state index is 0.0247. The van der Waals surface area contributed by atoms with E-state index in [9.17, 15) is 9.59 Å². The van der Waals surface area contributed by atoms with E-state index in [-0.39, 0.29) is 13.2 Å². The van der Waals surface area contributed by atoms with Gasteiger partial charge in [0.05, 0.1) is 6.54 Å². The number of likely N-dealkylation sites (tertiary alicyclic amines) is 1. The first kappa shape index (κ1) is 34.9. The van der Waals surface area contributed by atoms with Crippen molar-refractivity contribution in [1.82, 2.24) is 15.3 Å². The fourth-order valence-electron chi connectivity index (χ4n) is 6.46. The summed E-state index contributed by atoms with van der Waals surface area (Å²) < 4.78 is 5.57. The van der Waals surface area contributed by atoms with Gasteiger partial charge in [-0.2, -0.15) is 0 Å². The number of piperidine rings is 1. The maximum Gasteiger partial charge on any atom is 0.424 e. The lowest BCUT2D eigenvalue weighted by Gasteiger charge is -2.38. The summed E-state index contributed by atoms with van der Waals surface area (Å²) in [6.45, 7) is 3.23. The molecule has 6 nitrogen and oxygen atoms in total. The number of hydrazine groups is 1. The first-order chi connectivity index (χ1) is 22.9. The van der Waals surface area contributed by atoms with Crippen LogP contribution in [-0.4, -0.2) is 55.0 Å². The van der Waals surface area contributed by atoms with Gasteiger partial charge in [-0.1, -0.05) is 102 Å². The van der Waals surface area contributed by atoms with Crippen molar-refractivity contribution in [1.29, 1.82) is 0 Å². The Morgan fingerprint density at radius 2 is 1.49 bits per heavy atom. The zero-order valence-electron chi connectivity index (χ0n) is 26.3. The summed E-state index contributed by atoms with van der Waals surface area (Å²) in [6.07, 6.45) is 3.99. The quantitative estimate of drug-likeness (QED) is 0.106. The van der Waals surface area contributed by atoms with Crippen molar-refractivity contribution >= 4 is 47.2 Å². The molecule has 0 saturated carbocycles. The van der Waals surface area contributed by atoms with Gasteiger partial charge in [-0.05, 0) is 110 Å². The van der Waals surface area contributed by atoms with Gasteiger partial charge in [0.1, 0.15) is 12.9 Å². The van der Waals surface area contributed by atoms with E-state index in [1.165, 1.54) is 10.6 Å². The van der Waals surface area contributed by atoms with Crippen LogP contribution in [0.5, 0.6) is 0 Å². The summed E-state index contributed by atoms with van der Waals surface area (Å²) in [4.78, 5) is 27.5. The van der Waals surface area contributed by atoms with Crippen molar-refractivity contribution in [3.8, 4) is 0 Å². The van der Waals surface area contributed by atoms with Crippen molar-refractivity contribution in [2.75, 3.05) is 32.7 Å². The molecule has 1 fully saturated rings. The van der Waals surface area contributed by atoms with E-state index >= 15 is 0 Å². The third-order valence-corrected chi connectivity index (χ3v) is 9.77. The molecule has 9 heteroatoms. The molecule has 4 aromatic carbocycles. The van der Waals surface area contributed by atoms with Gasteiger partial charge in [0.15, 0.2) is 0 Å². The predicted molar refractivity (Wildman–Crippen MR) is 190 cm³/mol. The molecule has 1 aliphatic heterocycles. The minimum Gasteiger partial charge on any atom is -0.444 e. The van der Waals surface area contributed by atoms with Crippen LogP contribution in [0.2, 0.25) is 15.1 Å². The average molecular weight is 693 g/mol. The maximum absolute atomic E-state index is 13.2. The first-order valence-corrected chi connectivity index (χ1v) is 17.1. The van der Waals surface area contributed by atoms with Gasteiger partial charge in [0, 0.05) is 27.0 Å². The Bertz CT molecular complexity index is 1530. The van der Waals surface area contributed by atoms with Crippen LogP contribution in [0.25, 0.3) is 0 Å². The Morgan fingerprint density at radius 1 is 0.851 bits per heavy atom. The lowest BCUT2D eigenvalue weighted by Crippen LogP contribution is -2.51. The van der Waals surface area contributed by atoms with Gasteiger partial charge in [-0.3, -0.25) is 0 Å². The monoisotopic (exact) mass is 691 g/mol. The molecule has 5 rings (SSSR count). The largest absolute Gasteiger partial charge is 0.444 e. The number of benzene rings is 4. The summed E-state index contributed by atoms with van der Waals surface area (Å²) in [7, 11) is 0. The molecule has 1 amide bonds. The second-order valence-electron chi connectivity index (χ2n) is 12.0. The van der Waals surface area contributed by atoms with E-state index in [2.05, 4.69) is 40.7 Å². The van der Waals surface area contributed by atoms with Gasteiger partial charge < -0.3 is 14.4 Å². The molecule has 1 aliphatic rings. The SMILES string of the molecule is O=CCN(NCC(CCCN1CCC(c2ccccc2)CC1)(c1ccc(Cl)cc1)c1ccc(Cl)cc1)C(=O)OCc1cccc(Cl)c1. The highest BCUT2D eigenvalue weighted by Gasteiger charge is 2.35. The number of nitrogens with one attached hydrogen (secondary N) is 1. The molecular weight excluding hydrogens is 653 g/mol. The van der Waals surface area contributed by atoms with Gasteiger partial charge in [0.2, 0.25) is 0 Å². The smallest absolute Gasteiger partial charge is 0.424 e. The van der Waals surface area contributed by atoms with Gasteiger partial charge >= 0.3 is 6.09 Å². The Kier molecular flexibility index (Phi) is 12.7. The van der Waals surface area contributed by atoms with Gasteiger partial charge in [0.25, 0.3) is 0 Å². The predicted octanol–water partition coefficient (Wildman–Crippen LogP) is 8.94. The van der Waals surface area contributed by atoms with E-state index < -0.39 is 11.5 Å². The normalized spacial score (nSPS) is 14.1. The zero-order valence-corrected chi connectivity index (χ0v) is 28.6. The molecule has 0 radical (unpaired) electrons. The summed E-state index contributed by atoms with van der Waals surface area (Å²) in [5.74, 6) is 0.598. The minimum atomic E-state index is -0.653. The van der Waals surface area contributed by atoms with Crippen LogP contribution in [0, 0.1) is 0 Å². The fourth-order valence-corrected chi connectivity index (χ4v) is 6.93. The average Bonchev–Trinajstić information content (AvgIpc) is 3.09. The number of hydrogen-bond acceptors (Lipinski definition) is 5. The molecular formula is C38H40Cl3N3O3. The molecule has 0 atom stereocenters. The molecule has 246 valence electrons. The molecule has 1 N–H and O–H groups in total. The summed E-state index contributed by atoms with van der Waals surface area (Å²) >= 11 is 18.8. The van der Waals surface area contributed by atoms with Crippen LogP contribution >= 0.6 is 34.8 Å². The number of halogens is 3. The van der Waals surface area contributed by atoms with E-state index in [0.29, 0.717) is 33.8 Å². The number of aldehydes is 1. The Hall–Kier alpha value is -3.39. The fraction of sp³-hybridized carbons (Fsp3) is 0.316. The number of hydrogen-bond donors (Lipinski definition) is 1. The highest BCUT2D eigenvalue weighted by atomic mass is 35.5. The standard InChI is InChI=1S/C38H40Cl3N3O3/c39-34-14-10-32(11-15-34)38(33-12-16-35(40)17-13-33,20-5-21-43-22-18-31(19-23-43)30-7-2-1-3-8-30)28-42-44(24-25-45)37(46)47-27-29-6-4-9-36(41)26-29/h1-4,6-17,25-26,31,42H,5,18-24,27-28H2. The molecule has 47 heavy (non-hydrogen) atoms. The second-order valence-corrected chi connectivity index (χ2v) is 13.3. The number of carbonyl (C=O) groups excluding carboxylic acids is 2. The molecule has 0 spiro atoms. The lowest BCUT2D eigenvalue weighted by atomic mass is 9.71. The Morgan fingerprint density at radius 3 is 2.09 bits per heavy atom. The summed E-state index contributed by atoms with van der Waals surface area (Å²) in [6, 6.07) is 33.6. The summed E-state index contributed by atoms with van der Waals surface area (Å²) in [5, 5.41) is 3.06. The van der Waals surface area contributed by atoms with Crippen LogP contribution in [-0.2, 0) is 21.6 Å². The van der Waals surface area contributed by atoms with Crippen LogP contribution in [0.15, 0.2) is 103 Å². The first-order valence-electron chi connectivity index (χ1n) is 16.0. The molecule has 0 bridgehead atoms. The van der Waals surface area contributed by atoms with Gasteiger partial charge in [-0.25, -0.2) is 15.2 Å². The van der Waals surface area contributed by atoms with E-state index in [1.54, 1.807) is 18.2 Å². The highest BCUT2D eigenvalue weighted by Crippen LogP contribution is 2.38. The maximum atomic E-state index is 13.2. The van der Waals surface area contributed by atoms with Crippen LogP contribution in [0.1, 0.15) is 53.9 Å². The topological polar surface area (TPSA) is 61.9 Å². The third-order valence-electron chi connectivity index (χ3n) is 9.03. The Labute approximate surface area is 292 Å². The van der Waals surface area contributed by atoms with E-state index in [0.717, 1.165) is 62.0 Å². The van der Waals surface area contributed by atoms with Crippen LogP contribution in [0.4, 0.5) is 4.79 Å². The van der Waals surface area contributed by atoms with Crippen molar-refractivity contribution in [3.05, 3.63) is 140 Å². The second kappa shape index (κ2) is 17.1. The molecule has 4 aromatic rings. The van der Waals surface area contributed by atoms with Crippen LogP contribution < -0.4 is 5.43 Å². The number of carbonyl (C=O) groups is 2. The van der Waals surface area contributed by atoms with Crippen molar-refractivity contribution in [2.45, 2.75) is 43.6 Å². The van der Waals surface area contributed by atoms with Crippen molar-refractivity contribution < 1.29 is 14.3 Å². The van der Waals surface area contributed by atoms with Crippen molar-refractivity contribution in [3.63, 3.8) is 0 Å². The lowest BCUT2D eigenvalue weighted by molar-refractivity contribution is -0.109. The third kappa shape index (κ3) is 9.59. The van der Waals surface area contributed by atoms with Gasteiger partial charge in [-0.15, -0.1) is 0 Å². The number of rotatable bonds is 14. The molecule has 0 aliphatic carbocycles. The molecule has 1 saturated heterocycles. The molecule has 0 unspecified atom stereocenters. The summed E-state index contributed by atoms with van der Waals surface area (Å²) in [5.41, 5.74) is 6.95. The highest BCUT2D eigenvalue weighted by molar-refractivity contribution is 6.31. The van der Waals surface area contributed by atoms with Crippen LogP contribution in [0.3, 0.4) is 0 Å². The van der Waals surface area contributed by atoms with E-state index in [1.807, 2.05) is 54.6 Å². The number of nitrogens with zero attached hydrogens (tertiary/aromatic N) is 2. The van der Waals surface area contributed by atoms with E-state index in [4.69, 9.17) is 39.5 Å².